The Balaban J connectivity index is 1.73. The molecular formula is C18H25N5. The monoisotopic (exact) mass is 311 g/mol. The van der Waals surface area contributed by atoms with Crippen LogP contribution in [0.3, 0.4) is 0 Å². The first-order valence-electron chi connectivity index (χ1n) is 8.37. The summed E-state index contributed by atoms with van der Waals surface area (Å²) in [6.07, 6.45) is 4.62. The number of fused-ring (bicyclic) bond motifs is 2. The summed E-state index contributed by atoms with van der Waals surface area (Å²) in [7, 11) is 4.39. The Bertz CT molecular complexity index is 771. The number of aromatic nitrogens is 1. The second kappa shape index (κ2) is 5.27. The van der Waals surface area contributed by atoms with E-state index < -0.39 is 0 Å². The number of aryl methyl sites for hydroxylation is 1. The highest BCUT2D eigenvalue weighted by Crippen LogP contribution is 2.44. The van der Waals surface area contributed by atoms with Gasteiger partial charge >= 0.3 is 0 Å². The Morgan fingerprint density at radius 2 is 2.13 bits per heavy atom. The van der Waals surface area contributed by atoms with Gasteiger partial charge < -0.3 is 20.9 Å². The van der Waals surface area contributed by atoms with Crippen LogP contribution in [0.25, 0.3) is 10.9 Å². The molecule has 0 bridgehead atoms. The van der Waals surface area contributed by atoms with Gasteiger partial charge in [-0.2, -0.15) is 0 Å². The first-order valence-corrected chi connectivity index (χ1v) is 8.37. The zero-order valence-corrected chi connectivity index (χ0v) is 13.9. The third kappa shape index (κ3) is 2.30. The van der Waals surface area contributed by atoms with E-state index in [0.717, 1.165) is 19.5 Å². The zero-order chi connectivity index (χ0) is 16.1. The molecule has 4 rings (SSSR count). The molecule has 0 radical (unpaired) electrons. The molecule has 5 heteroatoms. The van der Waals surface area contributed by atoms with Gasteiger partial charge in [0.1, 0.15) is 0 Å². The van der Waals surface area contributed by atoms with Crippen molar-refractivity contribution < 1.29 is 0 Å². The van der Waals surface area contributed by atoms with E-state index in [-0.39, 0.29) is 5.96 Å². The predicted molar refractivity (Wildman–Crippen MR) is 94.6 cm³/mol. The van der Waals surface area contributed by atoms with Gasteiger partial charge in [0.2, 0.25) is 0 Å². The third-order valence-electron chi connectivity index (χ3n) is 5.65. The molecule has 1 aromatic heterocycles. The molecule has 0 unspecified atom stereocenters. The number of hydrogen-bond donors (Lipinski definition) is 2. The van der Waals surface area contributed by atoms with Crippen molar-refractivity contribution >= 4 is 16.9 Å². The van der Waals surface area contributed by atoms with Crippen LogP contribution in [0, 0.1) is 5.92 Å². The molecule has 122 valence electrons. The highest BCUT2D eigenvalue weighted by atomic mass is 15.2. The number of nitrogens with two attached hydrogens (primary N) is 2. The molecule has 1 aliphatic heterocycles. The summed E-state index contributed by atoms with van der Waals surface area (Å²) in [5, 5.41) is 1.48. The molecule has 3 atom stereocenters. The fourth-order valence-electron chi connectivity index (χ4n) is 4.70. The third-order valence-corrected chi connectivity index (χ3v) is 5.65. The molecule has 2 aliphatic rings. The van der Waals surface area contributed by atoms with Crippen LogP contribution in [0.2, 0.25) is 0 Å². The molecule has 0 saturated carbocycles. The maximum Gasteiger partial charge on any atom is 0.185 e. The lowest BCUT2D eigenvalue weighted by Crippen LogP contribution is -2.48. The van der Waals surface area contributed by atoms with Gasteiger partial charge in [0.25, 0.3) is 0 Å². The first-order chi connectivity index (χ1) is 11.0. The highest BCUT2D eigenvalue weighted by molar-refractivity contribution is 5.89. The van der Waals surface area contributed by atoms with Gasteiger partial charge in [-0.1, -0.05) is 12.1 Å². The van der Waals surface area contributed by atoms with Crippen LogP contribution in [-0.4, -0.2) is 41.6 Å². The highest BCUT2D eigenvalue weighted by Gasteiger charge is 2.39. The van der Waals surface area contributed by atoms with Crippen LogP contribution in [0.1, 0.15) is 23.5 Å². The van der Waals surface area contributed by atoms with Crippen molar-refractivity contribution in [3.05, 3.63) is 35.5 Å². The molecule has 23 heavy (non-hydrogen) atoms. The number of benzene rings is 1. The molecule has 1 fully saturated rings. The predicted octanol–water partition coefficient (Wildman–Crippen LogP) is 1.41. The lowest BCUT2D eigenvalue weighted by Gasteiger charge is -2.45. The fourth-order valence-corrected chi connectivity index (χ4v) is 4.70. The average molecular weight is 311 g/mol. The number of likely N-dealkylation sites (tertiary alicyclic amines) is 1. The summed E-state index contributed by atoms with van der Waals surface area (Å²) in [5.41, 5.74) is 15.4. The van der Waals surface area contributed by atoms with Crippen LogP contribution in [0.15, 0.2) is 29.4 Å². The minimum absolute atomic E-state index is 0.200. The van der Waals surface area contributed by atoms with E-state index in [9.17, 15) is 0 Å². The van der Waals surface area contributed by atoms with Crippen LogP contribution in [0.4, 0.5) is 0 Å². The summed E-state index contributed by atoms with van der Waals surface area (Å²) in [6, 6.07) is 7.33. The number of rotatable bonds is 2. The van der Waals surface area contributed by atoms with E-state index in [2.05, 4.69) is 53.0 Å². The van der Waals surface area contributed by atoms with Gasteiger partial charge in [0.15, 0.2) is 5.96 Å². The van der Waals surface area contributed by atoms with E-state index in [1.165, 1.54) is 28.5 Å². The molecule has 0 spiro atoms. The van der Waals surface area contributed by atoms with Crippen molar-refractivity contribution in [2.24, 2.45) is 29.4 Å². The lowest BCUT2D eigenvalue weighted by molar-refractivity contribution is 0.115. The van der Waals surface area contributed by atoms with E-state index in [1.807, 2.05) is 0 Å². The quantitative estimate of drug-likeness (QED) is 0.650. The Labute approximate surface area is 137 Å². The molecule has 2 aromatic rings. The van der Waals surface area contributed by atoms with Gasteiger partial charge in [-0.05, 0) is 43.0 Å². The van der Waals surface area contributed by atoms with E-state index >= 15 is 0 Å². The van der Waals surface area contributed by atoms with Gasteiger partial charge in [-0.3, -0.25) is 4.99 Å². The largest absolute Gasteiger partial charge is 0.370 e. The van der Waals surface area contributed by atoms with Gasteiger partial charge in [0, 0.05) is 49.2 Å². The lowest BCUT2D eigenvalue weighted by atomic mass is 9.72. The molecule has 0 amide bonds. The smallest absolute Gasteiger partial charge is 0.185 e. The number of nitrogens with zero attached hydrogens (tertiary/aromatic N) is 3. The maximum atomic E-state index is 5.52. The van der Waals surface area contributed by atoms with Crippen LogP contribution in [0.5, 0.6) is 0 Å². The van der Waals surface area contributed by atoms with Crippen molar-refractivity contribution in [3.63, 3.8) is 0 Å². The van der Waals surface area contributed by atoms with Gasteiger partial charge in [-0.25, -0.2) is 0 Å². The number of guanidine groups is 1. The summed E-state index contributed by atoms with van der Waals surface area (Å²) < 4.78 is 2.27. The Hall–Kier alpha value is -2.01. The normalized spacial score (nSPS) is 27.0. The topological polar surface area (TPSA) is 72.6 Å². The van der Waals surface area contributed by atoms with Crippen LogP contribution < -0.4 is 11.5 Å². The molecule has 1 aromatic carbocycles. The molecule has 1 aliphatic carbocycles. The second-order valence-electron chi connectivity index (χ2n) is 7.19. The maximum absolute atomic E-state index is 5.52. The Morgan fingerprint density at radius 1 is 1.30 bits per heavy atom. The van der Waals surface area contributed by atoms with Crippen molar-refractivity contribution in [1.29, 1.82) is 0 Å². The van der Waals surface area contributed by atoms with Crippen molar-refractivity contribution in [2.45, 2.75) is 24.8 Å². The van der Waals surface area contributed by atoms with E-state index in [4.69, 9.17) is 11.5 Å². The SMILES string of the molecule is CN1C[C@H](CN=C(N)N)C[C@@H]2c3cccc4c3c(cn4C)C[C@H]21. The van der Waals surface area contributed by atoms with Crippen LogP contribution >= 0.6 is 0 Å². The summed E-state index contributed by atoms with van der Waals surface area (Å²) in [6.45, 7) is 1.80. The number of piperidine rings is 1. The average Bonchev–Trinajstić information content (AvgIpc) is 2.84. The first kappa shape index (κ1) is 14.6. The Morgan fingerprint density at radius 3 is 2.91 bits per heavy atom. The van der Waals surface area contributed by atoms with Gasteiger partial charge in [0.05, 0.1) is 0 Å². The molecule has 2 heterocycles. The minimum atomic E-state index is 0.200. The van der Waals surface area contributed by atoms with Crippen molar-refractivity contribution in [2.75, 3.05) is 20.1 Å². The van der Waals surface area contributed by atoms with E-state index in [0.29, 0.717) is 17.9 Å². The van der Waals surface area contributed by atoms with Crippen LogP contribution in [-0.2, 0) is 13.5 Å². The molecule has 1 saturated heterocycles. The molecule has 4 N–H and O–H groups in total. The fraction of sp³-hybridized carbons (Fsp3) is 0.500. The van der Waals surface area contributed by atoms with Crippen molar-refractivity contribution in [3.8, 4) is 0 Å². The zero-order valence-electron chi connectivity index (χ0n) is 13.9. The number of likely N-dealkylation sites (N-methyl/N-ethyl adjacent to an activating group) is 1. The van der Waals surface area contributed by atoms with Gasteiger partial charge in [-0.15, -0.1) is 0 Å². The molecule has 5 nitrogen and oxygen atoms in total. The number of hydrogen-bond acceptors (Lipinski definition) is 2. The Kier molecular flexibility index (Phi) is 3.34. The standard InChI is InChI=1S/C18H25N5/c1-22-9-11(8-21-18(19)20)6-14-13-4-3-5-15-17(13)12(7-16(14)22)10-23(15)2/h3-5,10-11,14,16H,6-9H2,1-2H3,(H4,19,20,21)/t11-,14+,16+/m0/s1. The minimum Gasteiger partial charge on any atom is -0.370 e. The number of aliphatic imine (C=N–C) groups is 1. The van der Waals surface area contributed by atoms with E-state index in [1.54, 1.807) is 0 Å². The summed E-state index contributed by atoms with van der Waals surface area (Å²) in [4.78, 5) is 6.77. The second-order valence-corrected chi connectivity index (χ2v) is 7.19. The molecular weight excluding hydrogens is 286 g/mol. The van der Waals surface area contributed by atoms with Crippen molar-refractivity contribution in [1.82, 2.24) is 9.47 Å². The summed E-state index contributed by atoms with van der Waals surface area (Å²) in [5.74, 6) is 1.29. The summed E-state index contributed by atoms with van der Waals surface area (Å²) >= 11 is 0.